The van der Waals surface area contributed by atoms with Crippen molar-refractivity contribution in [3.05, 3.63) is 18.0 Å². The fraction of sp³-hybridized carbons (Fsp3) is 0.643. The fourth-order valence-corrected chi connectivity index (χ4v) is 1.80. The number of aryl methyl sites for hydroxylation is 1. The number of amides is 1. The first-order chi connectivity index (χ1) is 9.19. The van der Waals surface area contributed by atoms with Crippen molar-refractivity contribution in [3.8, 4) is 0 Å². The number of hydrogen-bond acceptors (Lipinski definition) is 3. The van der Waals surface area contributed by atoms with Crippen LogP contribution in [0.4, 0.5) is 5.69 Å². The van der Waals surface area contributed by atoms with E-state index >= 15 is 0 Å². The van der Waals surface area contributed by atoms with Crippen LogP contribution in [0.1, 0.15) is 43.6 Å². The van der Waals surface area contributed by atoms with Crippen molar-refractivity contribution < 1.29 is 9.53 Å². The predicted molar refractivity (Wildman–Crippen MR) is 77.2 cm³/mol. The molecule has 19 heavy (non-hydrogen) atoms. The van der Waals surface area contributed by atoms with Gasteiger partial charge in [0.2, 0.25) is 0 Å². The SMILES string of the molecule is CCCCOCCCNC(=O)c1cc(N)cn1CC. The first-order valence-electron chi connectivity index (χ1n) is 7.00. The zero-order valence-corrected chi connectivity index (χ0v) is 11.9. The van der Waals surface area contributed by atoms with Gasteiger partial charge < -0.3 is 20.4 Å². The van der Waals surface area contributed by atoms with Crippen LogP contribution in [0.15, 0.2) is 12.3 Å². The molecule has 1 heterocycles. The van der Waals surface area contributed by atoms with E-state index in [-0.39, 0.29) is 5.91 Å². The molecule has 0 aliphatic carbocycles. The molecular formula is C14H25N3O2. The maximum Gasteiger partial charge on any atom is 0.267 e. The van der Waals surface area contributed by atoms with Crippen LogP contribution in [-0.4, -0.2) is 30.2 Å². The van der Waals surface area contributed by atoms with E-state index in [9.17, 15) is 4.79 Å². The van der Waals surface area contributed by atoms with Gasteiger partial charge in [0, 0.05) is 32.5 Å². The maximum absolute atomic E-state index is 11.9. The Bertz CT molecular complexity index is 388. The third-order valence-electron chi connectivity index (χ3n) is 2.88. The predicted octanol–water partition coefficient (Wildman–Crippen LogP) is 2.03. The summed E-state index contributed by atoms with van der Waals surface area (Å²) >= 11 is 0. The molecule has 3 N–H and O–H groups in total. The van der Waals surface area contributed by atoms with Crippen LogP contribution in [0.2, 0.25) is 0 Å². The molecule has 0 unspecified atom stereocenters. The highest BCUT2D eigenvalue weighted by Crippen LogP contribution is 2.10. The van der Waals surface area contributed by atoms with Crippen molar-refractivity contribution in [3.63, 3.8) is 0 Å². The van der Waals surface area contributed by atoms with E-state index in [0.717, 1.165) is 32.4 Å². The number of carbonyl (C=O) groups is 1. The van der Waals surface area contributed by atoms with Gasteiger partial charge in [-0.2, -0.15) is 0 Å². The van der Waals surface area contributed by atoms with Crippen LogP contribution >= 0.6 is 0 Å². The largest absolute Gasteiger partial charge is 0.397 e. The number of nitrogens with one attached hydrogen (secondary N) is 1. The molecule has 0 bridgehead atoms. The van der Waals surface area contributed by atoms with Gasteiger partial charge in [0.05, 0.1) is 5.69 Å². The number of ether oxygens (including phenoxy) is 1. The van der Waals surface area contributed by atoms with E-state index in [1.54, 1.807) is 12.3 Å². The van der Waals surface area contributed by atoms with Crippen molar-refractivity contribution in [2.24, 2.45) is 0 Å². The summed E-state index contributed by atoms with van der Waals surface area (Å²) in [6, 6.07) is 1.70. The number of unbranched alkanes of at least 4 members (excludes halogenated alkanes) is 1. The van der Waals surface area contributed by atoms with Crippen LogP contribution in [0.5, 0.6) is 0 Å². The molecule has 0 saturated carbocycles. The molecule has 1 rings (SSSR count). The summed E-state index contributed by atoms with van der Waals surface area (Å²) in [7, 11) is 0. The quantitative estimate of drug-likeness (QED) is 0.673. The minimum atomic E-state index is -0.0768. The van der Waals surface area contributed by atoms with Crippen molar-refractivity contribution in [1.82, 2.24) is 9.88 Å². The summed E-state index contributed by atoms with van der Waals surface area (Å²) in [5, 5.41) is 2.88. The summed E-state index contributed by atoms with van der Waals surface area (Å²) < 4.78 is 7.28. The standard InChI is InChI=1S/C14H25N3O2/c1-3-5-8-19-9-6-7-16-14(18)13-10-12(15)11-17(13)4-2/h10-11H,3-9,15H2,1-2H3,(H,16,18). The molecule has 1 aromatic heterocycles. The molecule has 1 aromatic rings. The summed E-state index contributed by atoms with van der Waals surface area (Å²) in [4.78, 5) is 11.9. The molecule has 0 aromatic carbocycles. The fourth-order valence-electron chi connectivity index (χ4n) is 1.80. The lowest BCUT2D eigenvalue weighted by Gasteiger charge is -2.08. The molecule has 0 fully saturated rings. The van der Waals surface area contributed by atoms with Crippen molar-refractivity contribution in [2.75, 3.05) is 25.5 Å². The van der Waals surface area contributed by atoms with Crippen LogP contribution in [0.25, 0.3) is 0 Å². The number of nitrogens with zero attached hydrogens (tertiary/aromatic N) is 1. The van der Waals surface area contributed by atoms with Crippen molar-refractivity contribution in [1.29, 1.82) is 0 Å². The van der Waals surface area contributed by atoms with Crippen molar-refractivity contribution in [2.45, 2.75) is 39.7 Å². The van der Waals surface area contributed by atoms with Gasteiger partial charge in [0.25, 0.3) is 5.91 Å². The zero-order valence-electron chi connectivity index (χ0n) is 11.9. The first-order valence-corrected chi connectivity index (χ1v) is 7.00. The Kier molecular flexibility index (Phi) is 7.03. The second kappa shape index (κ2) is 8.58. The highest BCUT2D eigenvalue weighted by Gasteiger charge is 2.10. The normalized spacial score (nSPS) is 10.6. The minimum Gasteiger partial charge on any atom is -0.397 e. The number of anilines is 1. The Morgan fingerprint density at radius 3 is 2.79 bits per heavy atom. The van der Waals surface area contributed by atoms with Gasteiger partial charge in [-0.05, 0) is 25.8 Å². The Balaban J connectivity index is 2.24. The van der Waals surface area contributed by atoms with Gasteiger partial charge in [-0.25, -0.2) is 0 Å². The average molecular weight is 267 g/mol. The molecular weight excluding hydrogens is 242 g/mol. The lowest BCUT2D eigenvalue weighted by atomic mass is 10.3. The lowest BCUT2D eigenvalue weighted by molar-refractivity contribution is 0.0931. The topological polar surface area (TPSA) is 69.3 Å². The Labute approximate surface area is 115 Å². The van der Waals surface area contributed by atoms with E-state index in [4.69, 9.17) is 10.5 Å². The summed E-state index contributed by atoms with van der Waals surface area (Å²) in [6.45, 7) is 6.98. The highest BCUT2D eigenvalue weighted by molar-refractivity contribution is 5.93. The van der Waals surface area contributed by atoms with Gasteiger partial charge in [-0.3, -0.25) is 4.79 Å². The van der Waals surface area contributed by atoms with Crippen LogP contribution in [-0.2, 0) is 11.3 Å². The second-order valence-electron chi connectivity index (χ2n) is 4.52. The summed E-state index contributed by atoms with van der Waals surface area (Å²) in [5.41, 5.74) is 6.93. The number of carbonyl (C=O) groups excluding carboxylic acids is 1. The van der Waals surface area contributed by atoms with Gasteiger partial charge in [0.15, 0.2) is 0 Å². The number of nitrogen functional groups attached to an aromatic ring is 1. The van der Waals surface area contributed by atoms with Crippen LogP contribution < -0.4 is 11.1 Å². The Morgan fingerprint density at radius 1 is 1.37 bits per heavy atom. The molecule has 0 aliphatic heterocycles. The van der Waals surface area contributed by atoms with E-state index in [1.165, 1.54) is 0 Å². The number of nitrogens with two attached hydrogens (primary N) is 1. The van der Waals surface area contributed by atoms with E-state index in [0.29, 0.717) is 24.5 Å². The maximum atomic E-state index is 11.9. The van der Waals surface area contributed by atoms with Gasteiger partial charge in [-0.1, -0.05) is 13.3 Å². The number of hydrogen-bond donors (Lipinski definition) is 2. The van der Waals surface area contributed by atoms with Gasteiger partial charge in [0.1, 0.15) is 5.69 Å². The highest BCUT2D eigenvalue weighted by atomic mass is 16.5. The molecule has 108 valence electrons. The van der Waals surface area contributed by atoms with Crippen molar-refractivity contribution >= 4 is 11.6 Å². The Hall–Kier alpha value is -1.49. The zero-order chi connectivity index (χ0) is 14.1. The van der Waals surface area contributed by atoms with E-state index in [1.807, 2.05) is 11.5 Å². The minimum absolute atomic E-state index is 0.0768. The molecule has 1 amide bonds. The third kappa shape index (κ3) is 5.34. The smallest absolute Gasteiger partial charge is 0.267 e. The second-order valence-corrected chi connectivity index (χ2v) is 4.52. The molecule has 0 atom stereocenters. The van der Waals surface area contributed by atoms with Gasteiger partial charge in [-0.15, -0.1) is 0 Å². The van der Waals surface area contributed by atoms with Crippen LogP contribution in [0.3, 0.4) is 0 Å². The molecule has 0 saturated heterocycles. The first kappa shape index (κ1) is 15.6. The number of aromatic nitrogens is 1. The molecule has 5 nitrogen and oxygen atoms in total. The Morgan fingerprint density at radius 2 is 2.11 bits per heavy atom. The lowest BCUT2D eigenvalue weighted by Crippen LogP contribution is -2.27. The number of rotatable bonds is 9. The molecule has 0 aliphatic rings. The summed E-state index contributed by atoms with van der Waals surface area (Å²) in [5.74, 6) is -0.0768. The van der Waals surface area contributed by atoms with Gasteiger partial charge >= 0.3 is 0 Å². The molecule has 0 radical (unpaired) electrons. The average Bonchev–Trinajstić information content (AvgIpc) is 2.79. The third-order valence-corrected chi connectivity index (χ3v) is 2.88. The summed E-state index contributed by atoms with van der Waals surface area (Å²) in [6.07, 6.45) is 4.85. The van der Waals surface area contributed by atoms with Crippen LogP contribution in [0, 0.1) is 0 Å². The monoisotopic (exact) mass is 267 g/mol. The molecule has 0 spiro atoms. The molecule has 5 heteroatoms. The van der Waals surface area contributed by atoms with E-state index in [2.05, 4.69) is 12.2 Å². The van der Waals surface area contributed by atoms with E-state index < -0.39 is 0 Å².